The molecule has 1 aromatic heterocycles. The molecule has 2 nitrogen and oxygen atoms in total. The van der Waals surface area contributed by atoms with Crippen LogP contribution < -0.4 is 25.5 Å². The molecule has 0 bridgehead atoms. The van der Waals surface area contributed by atoms with Crippen LogP contribution in [0.15, 0.2) is 194 Å². The van der Waals surface area contributed by atoms with Gasteiger partial charge in [-0.05, 0) is 162 Å². The summed E-state index contributed by atoms with van der Waals surface area (Å²) in [6.07, 6.45) is 0. The fraction of sp³-hybridized carbons (Fsp3) is 0.183. The Morgan fingerprint density at radius 2 is 1.05 bits per heavy atom. The van der Waals surface area contributed by atoms with Gasteiger partial charge >= 0.3 is 0 Å². The third-order valence-corrected chi connectivity index (χ3v) is 18.5. The first-order chi connectivity index (χ1) is 36.3. The van der Waals surface area contributed by atoms with Crippen LogP contribution in [0.1, 0.15) is 110 Å². The zero-order chi connectivity index (χ0) is 51.2. The Hall–Kier alpha value is -7.66. The van der Waals surface area contributed by atoms with Crippen LogP contribution in [0.3, 0.4) is 0 Å². The highest BCUT2D eigenvalue weighted by Crippen LogP contribution is 2.67. The van der Waals surface area contributed by atoms with Crippen LogP contribution in [0.2, 0.25) is 0 Å². The monoisotopic (exact) mass is 984 g/mol. The topological polar surface area (TPSA) is 6.48 Å². The number of hydrogen-bond acceptors (Lipinski definition) is 3. The van der Waals surface area contributed by atoms with Crippen LogP contribution in [-0.4, -0.2) is 6.71 Å². The quantitative estimate of drug-likeness (QED) is 0.153. The van der Waals surface area contributed by atoms with Gasteiger partial charge in [0.05, 0.1) is 11.1 Å². The fourth-order valence-electron chi connectivity index (χ4n) is 13.4. The van der Waals surface area contributed by atoms with Gasteiger partial charge in [-0.25, -0.2) is 0 Å². The summed E-state index contributed by atoms with van der Waals surface area (Å²) in [6, 6.07) is 75.3. The molecule has 3 heterocycles. The number of nitrogens with zero attached hydrogens (tertiary/aromatic N) is 2. The Morgan fingerprint density at radius 1 is 0.467 bits per heavy atom. The van der Waals surface area contributed by atoms with Crippen LogP contribution in [0.25, 0.3) is 44.5 Å². The molecule has 4 aliphatic rings. The van der Waals surface area contributed by atoms with Crippen molar-refractivity contribution in [2.24, 2.45) is 0 Å². The third kappa shape index (κ3) is 6.64. The van der Waals surface area contributed by atoms with E-state index in [1.165, 1.54) is 144 Å². The first-order valence-corrected chi connectivity index (χ1v) is 27.9. The van der Waals surface area contributed by atoms with E-state index in [2.05, 4.69) is 278 Å². The number of thiophene rings is 1. The average Bonchev–Trinajstić information content (AvgIpc) is 4.20. The minimum absolute atomic E-state index is 0.0324. The molecule has 4 heteroatoms. The molecule has 0 amide bonds. The number of benzene rings is 9. The first kappa shape index (κ1) is 45.9. The second-order valence-electron chi connectivity index (χ2n) is 23.4. The maximum Gasteiger partial charge on any atom is 0.264 e. The number of rotatable bonds is 6. The molecular formula is C71H61BN2S. The van der Waals surface area contributed by atoms with Crippen molar-refractivity contribution in [2.75, 3.05) is 9.80 Å². The van der Waals surface area contributed by atoms with E-state index in [9.17, 15) is 0 Å². The Bertz CT molecular complexity index is 3920. The van der Waals surface area contributed by atoms with Gasteiger partial charge in [-0.2, -0.15) is 0 Å². The van der Waals surface area contributed by atoms with Crippen molar-refractivity contribution in [1.82, 2.24) is 0 Å². The molecule has 364 valence electrons. The van der Waals surface area contributed by atoms with Gasteiger partial charge in [0.25, 0.3) is 6.71 Å². The molecule has 9 aromatic carbocycles. The zero-order valence-corrected chi connectivity index (χ0v) is 45.3. The molecule has 2 aliphatic heterocycles. The summed E-state index contributed by atoms with van der Waals surface area (Å²) in [5.41, 5.74) is 30.6. The highest BCUT2D eigenvalue weighted by Gasteiger charge is 2.57. The van der Waals surface area contributed by atoms with Crippen molar-refractivity contribution >= 4 is 67.9 Å². The molecule has 2 aliphatic carbocycles. The number of anilines is 6. The summed E-state index contributed by atoms with van der Waals surface area (Å²) in [4.78, 5) is 6.71. The minimum Gasteiger partial charge on any atom is -0.311 e. The van der Waals surface area contributed by atoms with E-state index in [0.29, 0.717) is 11.8 Å². The second kappa shape index (κ2) is 16.7. The molecule has 10 aromatic rings. The van der Waals surface area contributed by atoms with Gasteiger partial charge in [0.2, 0.25) is 0 Å². The summed E-state index contributed by atoms with van der Waals surface area (Å²) >= 11 is 2.08. The Kier molecular flexibility index (Phi) is 10.2. The highest BCUT2D eigenvalue weighted by molar-refractivity contribution is 7.30. The standard InChI is InChI=1S/C71H61BN2S/c1-42(2)46-24-30-51(31-25-46)73-62-40-49(57-37-44(5)23-34-53(57)48-17-11-10-12-18-48)28-36-61(62)72-66-63(73)38-45(6)39-64(66)74(52-32-26-47(27-33-52)43(3)4)67-65-56-35-29-50(70(7,8)9)41-60(56)71(68(65)75-69(67)72)58-21-15-13-19-54(58)55-20-14-16-22-59(55)71/h10-43H,1-9H3. The van der Waals surface area contributed by atoms with Gasteiger partial charge in [-0.15, -0.1) is 11.3 Å². The second-order valence-corrected chi connectivity index (χ2v) is 24.4. The summed E-state index contributed by atoms with van der Waals surface area (Å²) < 4.78 is 1.40. The SMILES string of the molecule is Cc1ccc(-c2ccccc2)c(-c2ccc3c(c2)N(c2ccc(C(C)C)cc2)c2cc(C)cc4c2B3c2sc3c(c2N4c2ccc(C(C)C)cc2)-c2ccc(C(C)(C)C)cc2C32c3ccccc3-c3ccccc32)c1. The molecule has 0 radical (unpaired) electrons. The summed E-state index contributed by atoms with van der Waals surface area (Å²) in [5.74, 6) is 0.847. The minimum atomic E-state index is -0.496. The van der Waals surface area contributed by atoms with Crippen molar-refractivity contribution in [3.63, 3.8) is 0 Å². The van der Waals surface area contributed by atoms with Crippen molar-refractivity contribution in [3.05, 3.63) is 244 Å². The summed E-state index contributed by atoms with van der Waals surface area (Å²) in [7, 11) is 0. The van der Waals surface area contributed by atoms with Crippen LogP contribution >= 0.6 is 11.3 Å². The van der Waals surface area contributed by atoms with E-state index in [1.807, 2.05) is 0 Å². The molecule has 0 saturated heterocycles. The van der Waals surface area contributed by atoms with E-state index < -0.39 is 5.41 Å². The Morgan fingerprint density at radius 3 is 1.68 bits per heavy atom. The largest absolute Gasteiger partial charge is 0.311 e. The summed E-state index contributed by atoms with van der Waals surface area (Å²) in [6.45, 7) is 20.7. The summed E-state index contributed by atoms with van der Waals surface area (Å²) in [5, 5.41) is 0. The van der Waals surface area contributed by atoms with Crippen molar-refractivity contribution in [3.8, 4) is 44.5 Å². The number of fused-ring (bicyclic) bond motifs is 15. The molecule has 1 spiro atoms. The van der Waals surface area contributed by atoms with E-state index in [-0.39, 0.29) is 12.1 Å². The Balaban J connectivity index is 1.11. The van der Waals surface area contributed by atoms with Crippen molar-refractivity contribution in [1.29, 1.82) is 0 Å². The molecule has 0 fully saturated rings. The highest BCUT2D eigenvalue weighted by atomic mass is 32.1. The lowest BCUT2D eigenvalue weighted by atomic mass is 9.36. The number of aryl methyl sites for hydroxylation is 2. The molecular weight excluding hydrogens is 924 g/mol. The van der Waals surface area contributed by atoms with Crippen LogP contribution in [0.5, 0.6) is 0 Å². The Labute approximate surface area is 448 Å². The molecule has 0 N–H and O–H groups in total. The number of hydrogen-bond donors (Lipinski definition) is 0. The first-order valence-electron chi connectivity index (χ1n) is 27.1. The van der Waals surface area contributed by atoms with Crippen molar-refractivity contribution < 1.29 is 0 Å². The maximum atomic E-state index is 2.68. The maximum absolute atomic E-state index is 2.68. The van der Waals surface area contributed by atoms with E-state index in [4.69, 9.17) is 0 Å². The van der Waals surface area contributed by atoms with E-state index >= 15 is 0 Å². The molecule has 0 unspecified atom stereocenters. The van der Waals surface area contributed by atoms with Crippen LogP contribution in [-0.2, 0) is 10.8 Å². The predicted octanol–water partition coefficient (Wildman–Crippen LogP) is 17.7. The normalized spacial score (nSPS) is 14.2. The van der Waals surface area contributed by atoms with Gasteiger partial charge in [-0.1, -0.05) is 206 Å². The molecule has 75 heavy (non-hydrogen) atoms. The fourth-order valence-corrected chi connectivity index (χ4v) is 15.0. The molecule has 14 rings (SSSR count). The van der Waals surface area contributed by atoms with Gasteiger partial charge in [-0.3, -0.25) is 0 Å². The van der Waals surface area contributed by atoms with Gasteiger partial charge < -0.3 is 9.80 Å². The lowest BCUT2D eigenvalue weighted by Crippen LogP contribution is -2.60. The lowest BCUT2D eigenvalue weighted by molar-refractivity contribution is 0.588. The van der Waals surface area contributed by atoms with E-state index in [1.54, 1.807) is 0 Å². The van der Waals surface area contributed by atoms with Gasteiger partial charge in [0.1, 0.15) is 0 Å². The van der Waals surface area contributed by atoms with Crippen LogP contribution in [0, 0.1) is 13.8 Å². The van der Waals surface area contributed by atoms with Gasteiger partial charge in [0, 0.05) is 43.7 Å². The van der Waals surface area contributed by atoms with E-state index in [0.717, 1.165) is 0 Å². The predicted molar refractivity (Wildman–Crippen MR) is 322 cm³/mol. The zero-order valence-electron chi connectivity index (χ0n) is 44.5. The van der Waals surface area contributed by atoms with Crippen LogP contribution in [0.4, 0.5) is 34.1 Å². The third-order valence-electron chi connectivity index (χ3n) is 17.1. The van der Waals surface area contributed by atoms with Crippen molar-refractivity contribution in [2.45, 2.75) is 85.0 Å². The van der Waals surface area contributed by atoms with Gasteiger partial charge in [0.15, 0.2) is 0 Å². The average molecular weight is 985 g/mol. The molecule has 0 atom stereocenters. The molecule has 0 saturated carbocycles. The lowest BCUT2D eigenvalue weighted by Gasteiger charge is -2.44. The smallest absolute Gasteiger partial charge is 0.264 e.